The zero-order valence-corrected chi connectivity index (χ0v) is 18.3. The van der Waals surface area contributed by atoms with Crippen LogP contribution in [-0.2, 0) is 5.60 Å². The van der Waals surface area contributed by atoms with E-state index in [0.717, 1.165) is 50.1 Å². The number of aliphatic hydroxyl groups is 1. The first kappa shape index (κ1) is 20.5. The maximum absolute atomic E-state index is 12.3. The van der Waals surface area contributed by atoms with Gasteiger partial charge in [-0.2, -0.15) is 0 Å². The Kier molecular flexibility index (Phi) is 5.54. The highest BCUT2D eigenvalue weighted by Crippen LogP contribution is 2.50. The maximum atomic E-state index is 12.3. The zero-order valence-electron chi connectivity index (χ0n) is 18.3. The molecule has 0 radical (unpaired) electrons. The van der Waals surface area contributed by atoms with E-state index in [2.05, 4.69) is 73.4 Å². The molecule has 1 aromatic heterocycles. The number of likely N-dealkylation sites (tertiary alicyclic amines) is 1. The van der Waals surface area contributed by atoms with Crippen molar-refractivity contribution in [1.29, 1.82) is 0 Å². The maximum Gasteiger partial charge on any atom is 0.124 e. The Hall–Kier alpha value is -1.75. The lowest BCUT2D eigenvalue weighted by molar-refractivity contribution is -0.127. The highest BCUT2D eigenvalue weighted by atomic mass is 16.3. The summed E-state index contributed by atoms with van der Waals surface area (Å²) in [6.45, 7) is 10.5. The Morgan fingerprint density at radius 1 is 1.10 bits per heavy atom. The van der Waals surface area contributed by atoms with E-state index < -0.39 is 5.60 Å². The number of hydrogen-bond acceptors (Lipinski definition) is 4. The van der Waals surface area contributed by atoms with Crippen LogP contribution in [0.25, 0.3) is 0 Å². The normalized spacial score (nSPS) is 22.3. The van der Waals surface area contributed by atoms with Crippen LogP contribution < -0.4 is 5.32 Å². The molecule has 4 rings (SSSR count). The average Bonchev–Trinajstić information content (AvgIpc) is 2.73. The molecule has 2 saturated heterocycles. The molecule has 0 spiro atoms. The summed E-state index contributed by atoms with van der Waals surface area (Å²) in [4.78, 5) is 6.87. The van der Waals surface area contributed by atoms with E-state index in [1.807, 2.05) is 12.4 Å². The van der Waals surface area contributed by atoms with Crippen LogP contribution in [-0.4, -0.2) is 48.2 Å². The van der Waals surface area contributed by atoms with Gasteiger partial charge in [0.1, 0.15) is 5.60 Å². The molecular formula is C25H35N3O. The fourth-order valence-electron chi connectivity index (χ4n) is 5.38. The van der Waals surface area contributed by atoms with Gasteiger partial charge >= 0.3 is 0 Å². The molecule has 2 aromatic rings. The Labute approximate surface area is 175 Å². The number of benzene rings is 1. The van der Waals surface area contributed by atoms with Crippen LogP contribution in [0.2, 0.25) is 0 Å². The number of pyridine rings is 1. The minimum Gasteiger partial charge on any atom is -0.380 e. The molecule has 2 aliphatic heterocycles. The third-order valence-corrected chi connectivity index (χ3v) is 7.09. The Morgan fingerprint density at radius 3 is 2.34 bits per heavy atom. The van der Waals surface area contributed by atoms with Crippen LogP contribution in [0.1, 0.15) is 67.7 Å². The smallest absolute Gasteiger partial charge is 0.124 e. The van der Waals surface area contributed by atoms with Gasteiger partial charge in [-0.1, -0.05) is 45.0 Å². The largest absolute Gasteiger partial charge is 0.380 e. The van der Waals surface area contributed by atoms with Gasteiger partial charge in [0.15, 0.2) is 0 Å². The van der Waals surface area contributed by atoms with Crippen molar-refractivity contribution in [3.63, 3.8) is 0 Å². The summed E-state index contributed by atoms with van der Waals surface area (Å²) in [6, 6.07) is 10.8. The van der Waals surface area contributed by atoms with Gasteiger partial charge in [0, 0.05) is 36.5 Å². The van der Waals surface area contributed by atoms with Gasteiger partial charge < -0.3 is 15.3 Å². The predicted molar refractivity (Wildman–Crippen MR) is 118 cm³/mol. The van der Waals surface area contributed by atoms with Gasteiger partial charge in [-0.05, 0) is 67.6 Å². The summed E-state index contributed by atoms with van der Waals surface area (Å²) in [5, 5.41) is 15.8. The van der Waals surface area contributed by atoms with Gasteiger partial charge in [-0.15, -0.1) is 0 Å². The second-order valence-electron chi connectivity index (χ2n) is 9.75. The number of hydrogen-bond donors (Lipinski definition) is 2. The van der Waals surface area contributed by atoms with E-state index in [-0.39, 0.29) is 5.41 Å². The van der Waals surface area contributed by atoms with Crippen molar-refractivity contribution >= 4 is 0 Å². The summed E-state index contributed by atoms with van der Waals surface area (Å²) in [5.74, 6) is 1.00. The molecule has 0 bridgehead atoms. The monoisotopic (exact) mass is 393 g/mol. The molecule has 2 aliphatic rings. The van der Waals surface area contributed by atoms with E-state index in [1.54, 1.807) is 0 Å². The SMILES string of the molecule is CC(C)c1ccc([C@](O)(c2cncc(C3CCNCC3)c2)C2(C)CN(C)C2)cc1. The molecule has 0 aliphatic carbocycles. The summed E-state index contributed by atoms with van der Waals surface area (Å²) < 4.78 is 0. The van der Waals surface area contributed by atoms with Crippen molar-refractivity contribution in [3.05, 3.63) is 65.0 Å². The fraction of sp³-hybridized carbons (Fsp3) is 0.560. The Bertz CT molecular complexity index is 835. The molecule has 1 atom stereocenters. The van der Waals surface area contributed by atoms with Crippen molar-refractivity contribution in [3.8, 4) is 0 Å². The number of rotatable bonds is 5. The number of aromatic nitrogens is 1. The molecule has 0 amide bonds. The van der Waals surface area contributed by atoms with Crippen LogP contribution in [0, 0.1) is 5.41 Å². The number of nitrogens with zero attached hydrogens (tertiary/aromatic N) is 2. The van der Waals surface area contributed by atoms with Gasteiger partial charge in [-0.3, -0.25) is 4.98 Å². The molecule has 0 unspecified atom stereocenters. The molecule has 156 valence electrons. The van der Waals surface area contributed by atoms with Gasteiger partial charge in [0.2, 0.25) is 0 Å². The summed E-state index contributed by atoms with van der Waals surface area (Å²) >= 11 is 0. The molecule has 4 heteroatoms. The van der Waals surface area contributed by atoms with Crippen LogP contribution in [0.4, 0.5) is 0 Å². The van der Waals surface area contributed by atoms with Crippen LogP contribution in [0.15, 0.2) is 42.7 Å². The number of piperidine rings is 1. The summed E-state index contributed by atoms with van der Waals surface area (Å²) in [6.07, 6.45) is 6.14. The predicted octanol–water partition coefficient (Wildman–Crippen LogP) is 3.86. The standard InChI is InChI=1S/C25H35N3O/c1-18(2)19-5-7-22(8-6-19)25(29,24(3)16-28(4)17-24)23-13-21(14-27-15-23)20-9-11-26-12-10-20/h5-8,13-15,18,20,26,29H,9-12,16-17H2,1-4H3/t25-/m0/s1. The minimum atomic E-state index is -1.05. The van der Waals surface area contributed by atoms with E-state index >= 15 is 0 Å². The van der Waals surface area contributed by atoms with Crippen molar-refractivity contribution in [1.82, 2.24) is 15.2 Å². The van der Waals surface area contributed by atoms with Gasteiger partial charge in [0.05, 0.1) is 0 Å². The van der Waals surface area contributed by atoms with Crippen LogP contribution in [0.3, 0.4) is 0 Å². The first-order chi connectivity index (χ1) is 13.8. The lowest BCUT2D eigenvalue weighted by Gasteiger charge is -2.56. The first-order valence-electron chi connectivity index (χ1n) is 11.0. The highest BCUT2D eigenvalue weighted by molar-refractivity contribution is 5.42. The average molecular weight is 394 g/mol. The topological polar surface area (TPSA) is 48.4 Å². The van der Waals surface area contributed by atoms with Crippen molar-refractivity contribution in [2.45, 2.75) is 51.0 Å². The summed E-state index contributed by atoms with van der Waals surface area (Å²) in [7, 11) is 2.12. The second-order valence-corrected chi connectivity index (χ2v) is 9.75. The number of nitrogens with one attached hydrogen (secondary N) is 1. The molecule has 3 heterocycles. The summed E-state index contributed by atoms with van der Waals surface area (Å²) in [5.41, 5.74) is 3.18. The molecule has 2 fully saturated rings. The van der Waals surface area contributed by atoms with Crippen molar-refractivity contribution in [2.75, 3.05) is 33.2 Å². The first-order valence-corrected chi connectivity index (χ1v) is 11.0. The molecule has 0 saturated carbocycles. The van der Waals surface area contributed by atoms with Gasteiger partial charge in [0.25, 0.3) is 0 Å². The third-order valence-electron chi connectivity index (χ3n) is 7.09. The lowest BCUT2D eigenvalue weighted by Crippen LogP contribution is -2.63. The Balaban J connectivity index is 1.77. The minimum absolute atomic E-state index is 0.241. The molecule has 29 heavy (non-hydrogen) atoms. The Morgan fingerprint density at radius 2 is 1.76 bits per heavy atom. The van der Waals surface area contributed by atoms with Gasteiger partial charge in [-0.25, -0.2) is 0 Å². The van der Waals surface area contributed by atoms with E-state index in [1.165, 1.54) is 11.1 Å². The lowest BCUT2D eigenvalue weighted by atomic mass is 9.62. The fourth-order valence-corrected chi connectivity index (χ4v) is 5.38. The van der Waals surface area contributed by atoms with Crippen molar-refractivity contribution in [2.24, 2.45) is 5.41 Å². The molecule has 2 N–H and O–H groups in total. The molecular weight excluding hydrogens is 358 g/mol. The van der Waals surface area contributed by atoms with E-state index in [9.17, 15) is 5.11 Å². The molecule has 1 aromatic carbocycles. The van der Waals surface area contributed by atoms with E-state index in [4.69, 9.17) is 0 Å². The van der Waals surface area contributed by atoms with Crippen LogP contribution >= 0.6 is 0 Å². The van der Waals surface area contributed by atoms with Crippen molar-refractivity contribution < 1.29 is 5.11 Å². The third kappa shape index (κ3) is 3.63. The van der Waals surface area contributed by atoms with E-state index in [0.29, 0.717) is 11.8 Å². The molecule has 4 nitrogen and oxygen atoms in total. The highest BCUT2D eigenvalue weighted by Gasteiger charge is 2.55. The zero-order chi connectivity index (χ0) is 20.6. The van der Waals surface area contributed by atoms with Crippen LogP contribution in [0.5, 0.6) is 0 Å². The second kappa shape index (κ2) is 7.82. The quantitative estimate of drug-likeness (QED) is 0.810.